The Morgan fingerprint density at radius 3 is 2.46 bits per heavy atom. The highest BCUT2D eigenvalue weighted by Gasteiger charge is 2.36. The first kappa shape index (κ1) is 19.5. The molecule has 0 bridgehead atoms. The van der Waals surface area contributed by atoms with Crippen molar-refractivity contribution in [1.82, 2.24) is 0 Å². The summed E-state index contributed by atoms with van der Waals surface area (Å²) in [4.78, 5) is 0. The molecule has 24 heavy (non-hydrogen) atoms. The normalized spacial score (nSPS) is 12.6. The van der Waals surface area contributed by atoms with Crippen LogP contribution in [-0.2, 0) is 4.43 Å². The molecule has 0 fully saturated rings. The van der Waals surface area contributed by atoms with Crippen LogP contribution in [0.1, 0.15) is 27.2 Å². The van der Waals surface area contributed by atoms with Gasteiger partial charge in [0.1, 0.15) is 5.75 Å². The molecule has 0 atom stereocenters. The molecule has 2 aromatic rings. The predicted octanol–water partition coefficient (Wildman–Crippen LogP) is 3.37. The van der Waals surface area contributed by atoms with Gasteiger partial charge in [-0.05, 0) is 47.8 Å². The number of hydrogen-bond acceptors (Lipinski definition) is 5. The van der Waals surface area contributed by atoms with Crippen LogP contribution in [-0.4, -0.2) is 38.7 Å². The molecule has 0 amide bonds. The molecule has 1 aromatic heterocycles. The van der Waals surface area contributed by atoms with Gasteiger partial charge in [0.25, 0.3) is 0 Å². The highest BCUT2D eigenvalue weighted by atomic mass is 32.1. The van der Waals surface area contributed by atoms with Gasteiger partial charge >= 0.3 is 7.12 Å². The molecule has 2 rings (SSSR count). The molecule has 1 heterocycles. The van der Waals surface area contributed by atoms with E-state index in [1.54, 1.807) is 6.07 Å². The van der Waals surface area contributed by atoms with E-state index in [2.05, 4.69) is 33.9 Å². The number of rotatable bonds is 7. The van der Waals surface area contributed by atoms with Gasteiger partial charge < -0.3 is 19.2 Å². The Hall–Kier alpha value is -0.858. The van der Waals surface area contributed by atoms with Crippen LogP contribution in [0.25, 0.3) is 10.1 Å². The maximum absolute atomic E-state index is 9.24. The minimum atomic E-state index is -1.68. The second-order valence-electron chi connectivity index (χ2n) is 7.53. The standard InChI is InChI=1S/C17H27BO4SSi/c1-17(2,3)24(4,5)22-10-6-9-21-14-8-7-13-11-16(18(19)20)23-15(13)12-14/h7-8,11-12,19-20H,6,9-10H2,1-5H3. The van der Waals surface area contributed by atoms with Gasteiger partial charge in [-0.15, -0.1) is 11.3 Å². The minimum absolute atomic E-state index is 0.229. The molecule has 0 unspecified atom stereocenters. The van der Waals surface area contributed by atoms with E-state index in [4.69, 9.17) is 9.16 Å². The summed E-state index contributed by atoms with van der Waals surface area (Å²) in [7, 11) is -3.10. The average Bonchev–Trinajstić information content (AvgIpc) is 2.89. The third-order valence-corrected chi connectivity index (χ3v) is 10.3. The molecule has 0 saturated carbocycles. The second kappa shape index (κ2) is 7.58. The lowest BCUT2D eigenvalue weighted by molar-refractivity contribution is 0.234. The molecule has 2 N–H and O–H groups in total. The summed E-state index contributed by atoms with van der Waals surface area (Å²) in [5.41, 5.74) is 0. The van der Waals surface area contributed by atoms with Crippen molar-refractivity contribution >= 4 is 41.6 Å². The Labute approximate surface area is 149 Å². The first-order chi connectivity index (χ1) is 11.1. The highest BCUT2D eigenvalue weighted by Crippen LogP contribution is 2.36. The fourth-order valence-electron chi connectivity index (χ4n) is 2.04. The highest BCUT2D eigenvalue weighted by molar-refractivity contribution is 7.27. The fraction of sp³-hybridized carbons (Fsp3) is 0.529. The van der Waals surface area contributed by atoms with E-state index in [0.717, 1.165) is 28.9 Å². The van der Waals surface area contributed by atoms with Crippen molar-refractivity contribution in [2.45, 2.75) is 45.3 Å². The quantitative estimate of drug-likeness (QED) is 0.583. The molecule has 4 nitrogen and oxygen atoms in total. The summed E-state index contributed by atoms with van der Waals surface area (Å²) in [5.74, 6) is 0.802. The number of ether oxygens (including phenoxy) is 1. The van der Waals surface area contributed by atoms with Gasteiger partial charge in [0.05, 0.1) is 6.61 Å². The van der Waals surface area contributed by atoms with E-state index < -0.39 is 15.4 Å². The van der Waals surface area contributed by atoms with Crippen LogP contribution in [0.5, 0.6) is 5.75 Å². The number of fused-ring (bicyclic) bond motifs is 1. The maximum atomic E-state index is 9.24. The molecule has 0 spiro atoms. The molecule has 7 heteroatoms. The van der Waals surface area contributed by atoms with Gasteiger partial charge in [0.15, 0.2) is 8.32 Å². The van der Waals surface area contributed by atoms with Gasteiger partial charge in [0, 0.05) is 22.5 Å². The lowest BCUT2D eigenvalue weighted by Gasteiger charge is -2.36. The summed E-state index contributed by atoms with van der Waals surface area (Å²) in [6.07, 6.45) is 0.857. The molecule has 0 saturated heterocycles. The number of benzene rings is 1. The largest absolute Gasteiger partial charge is 0.499 e. The zero-order valence-electron chi connectivity index (χ0n) is 15.1. The summed E-state index contributed by atoms with van der Waals surface area (Å²) in [6.45, 7) is 12.6. The second-order valence-corrected chi connectivity index (χ2v) is 13.5. The van der Waals surface area contributed by atoms with Crippen LogP contribution in [0.4, 0.5) is 0 Å². The van der Waals surface area contributed by atoms with Crippen molar-refractivity contribution in [3.05, 3.63) is 24.3 Å². The van der Waals surface area contributed by atoms with Crippen molar-refractivity contribution in [3.8, 4) is 5.75 Å². The zero-order chi connectivity index (χ0) is 18.0. The molecular weight excluding hydrogens is 339 g/mol. The Bertz CT molecular complexity index is 679. The van der Waals surface area contributed by atoms with Crippen molar-refractivity contribution in [3.63, 3.8) is 0 Å². The van der Waals surface area contributed by atoms with E-state index in [1.165, 1.54) is 11.3 Å². The fourth-order valence-corrected chi connectivity index (χ4v) is 4.09. The SMILES string of the molecule is CC(C)(C)[Si](C)(C)OCCCOc1ccc2cc(B(O)O)sc2c1. The van der Waals surface area contributed by atoms with Crippen LogP contribution in [0.2, 0.25) is 18.1 Å². The Kier molecular flexibility index (Phi) is 6.15. The molecule has 0 aliphatic carbocycles. The van der Waals surface area contributed by atoms with Crippen LogP contribution in [0.3, 0.4) is 0 Å². The van der Waals surface area contributed by atoms with Gasteiger partial charge in [-0.1, -0.05) is 20.8 Å². The van der Waals surface area contributed by atoms with E-state index in [9.17, 15) is 10.0 Å². The summed E-state index contributed by atoms with van der Waals surface area (Å²) in [5, 5.41) is 19.7. The van der Waals surface area contributed by atoms with Gasteiger partial charge in [-0.3, -0.25) is 0 Å². The lowest BCUT2D eigenvalue weighted by atomic mass is 9.89. The number of thiophene rings is 1. The van der Waals surface area contributed by atoms with Crippen LogP contribution in [0.15, 0.2) is 24.3 Å². The zero-order valence-corrected chi connectivity index (χ0v) is 16.9. The van der Waals surface area contributed by atoms with E-state index in [0.29, 0.717) is 11.4 Å². The first-order valence-electron chi connectivity index (χ1n) is 8.26. The Morgan fingerprint density at radius 2 is 1.83 bits per heavy atom. The summed E-state index contributed by atoms with van der Waals surface area (Å²) in [6, 6.07) is 7.60. The monoisotopic (exact) mass is 366 g/mol. The van der Waals surface area contributed by atoms with E-state index >= 15 is 0 Å². The van der Waals surface area contributed by atoms with Crippen LogP contribution >= 0.6 is 11.3 Å². The third-order valence-electron chi connectivity index (χ3n) is 4.59. The third kappa shape index (κ3) is 4.83. The van der Waals surface area contributed by atoms with Gasteiger partial charge in [-0.2, -0.15) is 0 Å². The molecule has 0 aliphatic rings. The smallest absolute Gasteiger partial charge is 0.493 e. The van der Waals surface area contributed by atoms with Crippen molar-refractivity contribution in [2.24, 2.45) is 0 Å². The molecular formula is C17H27BO4SSi. The summed E-state index contributed by atoms with van der Waals surface area (Å²) < 4.78 is 13.5. The maximum Gasteiger partial charge on any atom is 0.499 e. The molecule has 0 radical (unpaired) electrons. The van der Waals surface area contributed by atoms with Crippen molar-refractivity contribution < 1.29 is 19.2 Å². The topological polar surface area (TPSA) is 58.9 Å². The number of hydrogen-bond donors (Lipinski definition) is 2. The van der Waals surface area contributed by atoms with Crippen LogP contribution in [0, 0.1) is 0 Å². The molecule has 1 aromatic carbocycles. The molecule has 0 aliphatic heterocycles. The molecule has 132 valence electrons. The Balaban J connectivity index is 1.83. The van der Waals surface area contributed by atoms with Crippen LogP contribution < -0.4 is 9.51 Å². The summed E-state index contributed by atoms with van der Waals surface area (Å²) >= 11 is 1.37. The first-order valence-corrected chi connectivity index (χ1v) is 12.0. The van der Waals surface area contributed by atoms with Crippen molar-refractivity contribution in [2.75, 3.05) is 13.2 Å². The average molecular weight is 366 g/mol. The lowest BCUT2D eigenvalue weighted by Crippen LogP contribution is -2.41. The minimum Gasteiger partial charge on any atom is -0.493 e. The predicted molar refractivity (Wildman–Crippen MR) is 105 cm³/mol. The van der Waals surface area contributed by atoms with Crippen molar-refractivity contribution in [1.29, 1.82) is 0 Å². The van der Waals surface area contributed by atoms with Gasteiger partial charge in [0.2, 0.25) is 0 Å². The van der Waals surface area contributed by atoms with E-state index in [-0.39, 0.29) is 5.04 Å². The van der Waals surface area contributed by atoms with Gasteiger partial charge in [-0.25, -0.2) is 0 Å². The van der Waals surface area contributed by atoms with E-state index in [1.807, 2.05) is 18.2 Å². The Morgan fingerprint density at radius 1 is 1.12 bits per heavy atom.